The summed E-state index contributed by atoms with van der Waals surface area (Å²) in [5.74, 6) is 0.737. The van der Waals surface area contributed by atoms with Gasteiger partial charge < -0.3 is 25.0 Å². The minimum atomic E-state index is -0.339. The van der Waals surface area contributed by atoms with Crippen molar-refractivity contribution >= 4 is 5.96 Å². The largest absolute Gasteiger partial charge is 0.491 e. The fourth-order valence-corrected chi connectivity index (χ4v) is 3.33. The van der Waals surface area contributed by atoms with E-state index >= 15 is 0 Å². The van der Waals surface area contributed by atoms with Crippen molar-refractivity contribution in [3.8, 4) is 5.75 Å². The molecule has 7 heteroatoms. The van der Waals surface area contributed by atoms with Gasteiger partial charge in [0, 0.05) is 45.9 Å². The van der Waals surface area contributed by atoms with E-state index in [1.807, 2.05) is 19.9 Å². The first kappa shape index (κ1) is 22.4. The molecule has 0 saturated carbocycles. The monoisotopic (exact) mass is 394 g/mol. The van der Waals surface area contributed by atoms with Crippen LogP contribution in [0.4, 0.5) is 4.39 Å². The van der Waals surface area contributed by atoms with Gasteiger partial charge in [0.1, 0.15) is 0 Å². The van der Waals surface area contributed by atoms with Gasteiger partial charge in [-0.3, -0.25) is 0 Å². The lowest BCUT2D eigenvalue weighted by Gasteiger charge is -2.33. The molecule has 158 valence electrons. The van der Waals surface area contributed by atoms with Crippen LogP contribution in [0, 0.1) is 5.82 Å². The van der Waals surface area contributed by atoms with Crippen LogP contribution in [0.2, 0.25) is 0 Å². The maximum atomic E-state index is 14.0. The van der Waals surface area contributed by atoms with Crippen LogP contribution in [-0.4, -0.2) is 63.4 Å². The number of nitrogens with zero attached hydrogens (tertiary/aromatic N) is 2. The molecule has 0 radical (unpaired) electrons. The van der Waals surface area contributed by atoms with Gasteiger partial charge in [-0.1, -0.05) is 6.07 Å². The molecule has 28 heavy (non-hydrogen) atoms. The lowest BCUT2D eigenvalue weighted by atomic mass is 10.1. The Labute approximate surface area is 168 Å². The van der Waals surface area contributed by atoms with Gasteiger partial charge >= 0.3 is 0 Å². The molecule has 0 aliphatic carbocycles. The highest BCUT2D eigenvalue weighted by Crippen LogP contribution is 2.18. The van der Waals surface area contributed by atoms with E-state index in [0.29, 0.717) is 19.2 Å². The molecule has 0 spiro atoms. The summed E-state index contributed by atoms with van der Waals surface area (Å²) < 4.78 is 24.4. The van der Waals surface area contributed by atoms with E-state index in [0.717, 1.165) is 63.6 Å². The molecule has 1 fully saturated rings. The van der Waals surface area contributed by atoms with Crippen LogP contribution in [0.15, 0.2) is 23.2 Å². The van der Waals surface area contributed by atoms with E-state index in [2.05, 4.69) is 20.5 Å². The summed E-state index contributed by atoms with van der Waals surface area (Å²) in [6.45, 7) is 9.65. The van der Waals surface area contributed by atoms with Crippen molar-refractivity contribution in [2.45, 2.75) is 45.7 Å². The molecule has 1 aromatic rings. The van der Waals surface area contributed by atoms with Gasteiger partial charge in [0.25, 0.3) is 0 Å². The summed E-state index contributed by atoms with van der Waals surface area (Å²) in [6.07, 6.45) is 3.27. The van der Waals surface area contributed by atoms with Crippen LogP contribution in [0.5, 0.6) is 5.75 Å². The van der Waals surface area contributed by atoms with Crippen LogP contribution in [0.25, 0.3) is 0 Å². The molecule has 1 heterocycles. The van der Waals surface area contributed by atoms with E-state index < -0.39 is 0 Å². The first-order valence-corrected chi connectivity index (χ1v) is 10.3. The zero-order valence-corrected chi connectivity index (χ0v) is 17.5. The van der Waals surface area contributed by atoms with Crippen LogP contribution in [0.1, 0.15) is 38.7 Å². The van der Waals surface area contributed by atoms with Gasteiger partial charge in [0.15, 0.2) is 17.5 Å². The quantitative estimate of drug-likeness (QED) is 0.363. The van der Waals surface area contributed by atoms with Gasteiger partial charge in [0.2, 0.25) is 0 Å². The minimum absolute atomic E-state index is 0.289. The summed E-state index contributed by atoms with van der Waals surface area (Å²) in [4.78, 5) is 7.12. The molecule has 2 N–H and O–H groups in total. The van der Waals surface area contributed by atoms with Gasteiger partial charge in [-0.2, -0.15) is 0 Å². The molecule has 1 aliphatic rings. The smallest absolute Gasteiger partial charge is 0.191 e. The fraction of sp³-hybridized carbons (Fsp3) is 0.667. The normalized spacial score (nSPS) is 16.2. The zero-order valence-electron chi connectivity index (χ0n) is 17.5. The van der Waals surface area contributed by atoms with Crippen molar-refractivity contribution < 1.29 is 13.9 Å². The number of ether oxygens (including phenoxy) is 2. The number of nitrogens with one attached hydrogen (secondary N) is 2. The molecule has 6 nitrogen and oxygen atoms in total. The number of halogens is 1. The maximum Gasteiger partial charge on any atom is 0.191 e. The van der Waals surface area contributed by atoms with E-state index in [1.54, 1.807) is 13.2 Å². The number of benzene rings is 1. The number of piperidine rings is 1. The number of methoxy groups -OCH3 is 1. The summed E-state index contributed by atoms with van der Waals surface area (Å²) in [5, 5.41) is 6.82. The van der Waals surface area contributed by atoms with Gasteiger partial charge in [-0.25, -0.2) is 9.38 Å². The summed E-state index contributed by atoms with van der Waals surface area (Å²) >= 11 is 0. The highest BCUT2D eigenvalue weighted by atomic mass is 19.1. The SMILES string of the molecule is CCNC(=NCc1ccc(OCC)c(F)c1)NC1CCN(CCCOC)CC1. The average molecular weight is 395 g/mol. The van der Waals surface area contributed by atoms with Gasteiger partial charge in [0.05, 0.1) is 13.2 Å². The molecule has 0 aromatic heterocycles. The topological polar surface area (TPSA) is 58.1 Å². The van der Waals surface area contributed by atoms with Gasteiger partial charge in [-0.15, -0.1) is 0 Å². The lowest BCUT2D eigenvalue weighted by molar-refractivity contribution is 0.155. The highest BCUT2D eigenvalue weighted by molar-refractivity contribution is 5.80. The standard InChI is InChI=1S/C21H35FN4O2/c1-4-23-21(24-16-17-7-8-20(28-5-2)19(22)15-17)25-18-9-12-26(13-10-18)11-6-14-27-3/h7-8,15,18H,4-6,9-14,16H2,1-3H3,(H2,23,24,25). The molecule has 0 bridgehead atoms. The van der Waals surface area contributed by atoms with Crippen LogP contribution in [0.3, 0.4) is 0 Å². The number of hydrogen-bond donors (Lipinski definition) is 2. The molecule has 1 aromatic carbocycles. The average Bonchev–Trinajstić information content (AvgIpc) is 2.70. The number of rotatable bonds is 10. The zero-order chi connectivity index (χ0) is 20.2. The number of likely N-dealkylation sites (tertiary alicyclic amines) is 1. The summed E-state index contributed by atoms with van der Waals surface area (Å²) in [5.41, 5.74) is 0.825. The van der Waals surface area contributed by atoms with Crippen LogP contribution >= 0.6 is 0 Å². The third-order valence-electron chi connectivity index (χ3n) is 4.81. The Morgan fingerprint density at radius 1 is 1.29 bits per heavy atom. The second-order valence-electron chi connectivity index (χ2n) is 7.00. The Bertz CT molecular complexity index is 604. The van der Waals surface area contributed by atoms with E-state index in [1.165, 1.54) is 6.07 Å². The van der Waals surface area contributed by atoms with Crippen molar-refractivity contribution in [3.63, 3.8) is 0 Å². The molecular formula is C21H35FN4O2. The number of aliphatic imine (C=N–C) groups is 1. The Hall–Kier alpha value is -1.86. The molecular weight excluding hydrogens is 359 g/mol. The summed E-state index contributed by atoms with van der Waals surface area (Å²) in [6, 6.07) is 5.44. The molecule has 1 aliphatic heterocycles. The molecule has 1 saturated heterocycles. The first-order chi connectivity index (χ1) is 13.7. The predicted octanol–water partition coefficient (Wildman–Crippen LogP) is 2.78. The minimum Gasteiger partial charge on any atom is -0.491 e. The van der Waals surface area contributed by atoms with E-state index in [9.17, 15) is 4.39 Å². The molecule has 0 unspecified atom stereocenters. The third kappa shape index (κ3) is 7.64. The fourth-order valence-electron chi connectivity index (χ4n) is 3.33. The summed E-state index contributed by atoms with van der Waals surface area (Å²) in [7, 11) is 1.75. The second-order valence-corrected chi connectivity index (χ2v) is 7.00. The van der Waals surface area contributed by atoms with E-state index in [-0.39, 0.29) is 11.6 Å². The Morgan fingerprint density at radius 2 is 2.07 bits per heavy atom. The maximum absolute atomic E-state index is 14.0. The van der Waals surface area contributed by atoms with Crippen LogP contribution < -0.4 is 15.4 Å². The van der Waals surface area contributed by atoms with E-state index in [4.69, 9.17) is 9.47 Å². The Balaban J connectivity index is 1.85. The molecule has 2 rings (SSSR count). The lowest BCUT2D eigenvalue weighted by Crippen LogP contribution is -2.48. The second kappa shape index (κ2) is 12.6. The van der Waals surface area contributed by atoms with Gasteiger partial charge in [-0.05, 0) is 50.8 Å². The van der Waals surface area contributed by atoms with Crippen molar-refractivity contribution in [2.75, 3.05) is 46.5 Å². The highest BCUT2D eigenvalue weighted by Gasteiger charge is 2.19. The Kier molecular flexibility index (Phi) is 10.1. The van der Waals surface area contributed by atoms with Crippen molar-refractivity contribution in [1.82, 2.24) is 15.5 Å². The van der Waals surface area contributed by atoms with Crippen molar-refractivity contribution in [2.24, 2.45) is 4.99 Å². The van der Waals surface area contributed by atoms with Crippen molar-refractivity contribution in [3.05, 3.63) is 29.6 Å². The van der Waals surface area contributed by atoms with Crippen LogP contribution in [-0.2, 0) is 11.3 Å². The number of hydrogen-bond acceptors (Lipinski definition) is 4. The molecule has 0 amide bonds. The third-order valence-corrected chi connectivity index (χ3v) is 4.81. The van der Waals surface area contributed by atoms with Crippen molar-refractivity contribution in [1.29, 1.82) is 0 Å². The Morgan fingerprint density at radius 3 is 2.71 bits per heavy atom. The first-order valence-electron chi connectivity index (χ1n) is 10.3. The number of guanidine groups is 1. The molecule has 0 atom stereocenters. The predicted molar refractivity (Wildman–Crippen MR) is 111 cm³/mol.